The van der Waals surface area contributed by atoms with Crippen molar-refractivity contribution in [3.63, 3.8) is 0 Å². The fraction of sp³-hybridized carbons (Fsp3) is 0.423. The van der Waals surface area contributed by atoms with Gasteiger partial charge in [0.1, 0.15) is 12.2 Å². The third-order valence-electron chi connectivity index (χ3n) is 7.60. The maximum Gasteiger partial charge on any atom is 0.260 e. The summed E-state index contributed by atoms with van der Waals surface area (Å²) in [5, 5.41) is 39.2. The van der Waals surface area contributed by atoms with Crippen molar-refractivity contribution < 1.29 is 49.4 Å². The zero-order valence-corrected chi connectivity index (χ0v) is 22.1. The molecule has 3 aliphatic rings. The lowest BCUT2D eigenvalue weighted by Gasteiger charge is -2.27. The van der Waals surface area contributed by atoms with E-state index in [1.165, 1.54) is 36.1 Å². The van der Waals surface area contributed by atoms with E-state index in [9.17, 15) is 14.4 Å². The maximum atomic E-state index is 13.7. The highest BCUT2D eigenvalue weighted by molar-refractivity contribution is 5.94. The molecule has 0 aliphatic carbocycles. The van der Waals surface area contributed by atoms with E-state index in [4.69, 9.17) is 35.0 Å². The van der Waals surface area contributed by atoms with Gasteiger partial charge in [0.25, 0.3) is 11.8 Å². The van der Waals surface area contributed by atoms with Gasteiger partial charge in [-0.3, -0.25) is 35.2 Å². The molecule has 3 saturated heterocycles. The smallest absolute Gasteiger partial charge is 0.260 e. The van der Waals surface area contributed by atoms with Crippen molar-refractivity contribution in [1.82, 2.24) is 10.2 Å². The number of rotatable bonds is 8. The fourth-order valence-corrected chi connectivity index (χ4v) is 5.04. The number of amides is 2. The minimum absolute atomic E-state index is 0.0213. The molecule has 5 N–H and O–H groups in total. The van der Waals surface area contributed by atoms with Crippen molar-refractivity contribution in [2.75, 3.05) is 10.5 Å². The molecule has 2 amide bonds. The third kappa shape index (κ3) is 4.69. The van der Waals surface area contributed by atoms with E-state index < -0.39 is 59.5 Å². The van der Waals surface area contributed by atoms with E-state index in [2.05, 4.69) is 5.32 Å². The Morgan fingerprint density at radius 1 is 0.825 bits per heavy atom. The number of hydrogen-bond donors (Lipinski definition) is 5. The molecule has 0 radical (unpaired) electrons. The van der Waals surface area contributed by atoms with Crippen molar-refractivity contribution >= 4 is 29.0 Å². The summed E-state index contributed by atoms with van der Waals surface area (Å²) in [7, 11) is 0. The molecule has 14 nitrogen and oxygen atoms in total. The highest BCUT2D eigenvalue weighted by Crippen LogP contribution is 2.52. The SMILES string of the molecule is CC(=O)[C@@H]1O[C@H](NC(=O)[C@@]2(C)O[C@@H]2c2ccc(N(O)O)cc2)[C@H](C)N1C(=O)[C@@]1(C)O[C@@H]1c1ccc(N(O)O)cc1. The molecular weight excluding hydrogens is 528 g/mol. The summed E-state index contributed by atoms with van der Waals surface area (Å²) in [6, 6.07) is 11.5. The molecule has 14 heteroatoms. The largest absolute Gasteiger partial charge is 0.351 e. The van der Waals surface area contributed by atoms with Gasteiger partial charge < -0.3 is 24.4 Å². The zero-order valence-electron chi connectivity index (χ0n) is 22.1. The molecule has 7 atom stereocenters. The molecule has 0 aromatic heterocycles. The predicted molar refractivity (Wildman–Crippen MR) is 133 cm³/mol. The molecule has 2 aromatic carbocycles. The van der Waals surface area contributed by atoms with E-state index >= 15 is 0 Å². The number of anilines is 2. The number of nitrogens with one attached hydrogen (secondary N) is 1. The lowest BCUT2D eigenvalue weighted by atomic mass is 9.98. The van der Waals surface area contributed by atoms with Crippen LogP contribution < -0.4 is 15.8 Å². The molecule has 0 spiro atoms. The Morgan fingerprint density at radius 3 is 1.73 bits per heavy atom. The van der Waals surface area contributed by atoms with Crippen LogP contribution in [0.5, 0.6) is 0 Å². The standard InChI is InChI=1S/C26H30N4O10/c1-13-21(27-23(32)25(3)19(39-25)15-5-9-17(10-6-15)29(34)35)38-22(14(2)31)28(13)24(33)26(4)20(40-26)16-7-11-18(12-8-16)30(36)37/h5-13,19-22,34-37H,1-4H3,(H,27,32)/t13-,19+,20+,21-,22-,25-,26-/m0/s1. The van der Waals surface area contributed by atoms with Crippen LogP contribution in [0.15, 0.2) is 48.5 Å². The zero-order chi connectivity index (χ0) is 29.1. The van der Waals surface area contributed by atoms with Crippen LogP contribution in [-0.2, 0) is 28.6 Å². The summed E-state index contributed by atoms with van der Waals surface area (Å²) in [4.78, 5) is 40.6. The fourth-order valence-electron chi connectivity index (χ4n) is 5.04. The van der Waals surface area contributed by atoms with Crippen molar-refractivity contribution in [2.45, 2.75) is 69.6 Å². The number of Topliss-reactive ketones (excluding diaryl/α,β-unsaturated/α-hetero) is 1. The second-order valence-corrected chi connectivity index (χ2v) is 10.4. The first-order valence-corrected chi connectivity index (χ1v) is 12.5. The van der Waals surface area contributed by atoms with Crippen LogP contribution >= 0.6 is 0 Å². The average molecular weight is 559 g/mol. The summed E-state index contributed by atoms with van der Waals surface area (Å²) in [6.07, 6.45) is -3.49. The van der Waals surface area contributed by atoms with Gasteiger partial charge in [-0.15, -0.1) is 10.5 Å². The van der Waals surface area contributed by atoms with Crippen molar-refractivity contribution in [3.8, 4) is 0 Å². The lowest BCUT2D eigenvalue weighted by molar-refractivity contribution is -0.151. The quantitative estimate of drug-likeness (QED) is 0.234. The summed E-state index contributed by atoms with van der Waals surface area (Å²) in [6.45, 7) is 6.13. The predicted octanol–water partition coefficient (Wildman–Crippen LogP) is 1.82. The number of carbonyl (C=O) groups excluding carboxylic acids is 3. The molecular formula is C26H30N4O10. The normalized spacial score (nSPS) is 32.4. The van der Waals surface area contributed by atoms with Crippen molar-refractivity contribution in [1.29, 1.82) is 0 Å². The van der Waals surface area contributed by atoms with Gasteiger partial charge in [-0.25, -0.2) is 0 Å². The molecule has 40 heavy (non-hydrogen) atoms. The van der Waals surface area contributed by atoms with Crippen LogP contribution in [0.25, 0.3) is 0 Å². The number of hydrogen-bond acceptors (Lipinski definition) is 12. The summed E-state index contributed by atoms with van der Waals surface area (Å²) < 4.78 is 17.3. The monoisotopic (exact) mass is 558 g/mol. The van der Waals surface area contributed by atoms with Crippen LogP contribution in [0.1, 0.15) is 51.0 Å². The number of carbonyl (C=O) groups is 3. The van der Waals surface area contributed by atoms with Crippen LogP contribution in [0.4, 0.5) is 11.4 Å². The van der Waals surface area contributed by atoms with Crippen LogP contribution in [0.2, 0.25) is 0 Å². The van der Waals surface area contributed by atoms with Gasteiger partial charge in [0.2, 0.25) is 0 Å². The van der Waals surface area contributed by atoms with Gasteiger partial charge in [-0.2, -0.15) is 0 Å². The second-order valence-electron chi connectivity index (χ2n) is 10.4. The minimum atomic E-state index is -1.30. The van der Waals surface area contributed by atoms with Gasteiger partial charge in [0, 0.05) is 0 Å². The summed E-state index contributed by atoms with van der Waals surface area (Å²) in [5.74, 6) is -1.43. The first-order chi connectivity index (χ1) is 18.8. The van der Waals surface area contributed by atoms with Crippen LogP contribution in [0, 0.1) is 0 Å². The van der Waals surface area contributed by atoms with Crippen LogP contribution in [-0.4, -0.2) is 73.0 Å². The number of ketones is 1. The van der Waals surface area contributed by atoms with E-state index in [1.54, 1.807) is 45.0 Å². The second kappa shape index (κ2) is 9.78. The molecule has 2 aromatic rings. The highest BCUT2D eigenvalue weighted by atomic mass is 16.8. The minimum Gasteiger partial charge on any atom is -0.351 e. The van der Waals surface area contributed by atoms with E-state index in [1.807, 2.05) is 0 Å². The van der Waals surface area contributed by atoms with E-state index in [0.717, 1.165) is 0 Å². The molecule has 214 valence electrons. The number of ether oxygens (including phenoxy) is 3. The van der Waals surface area contributed by atoms with E-state index in [0.29, 0.717) is 11.1 Å². The van der Waals surface area contributed by atoms with Gasteiger partial charge in [0.15, 0.2) is 29.4 Å². The summed E-state index contributed by atoms with van der Waals surface area (Å²) in [5.41, 5.74) is -1.01. The molecule has 3 heterocycles. The molecule has 5 rings (SSSR count). The van der Waals surface area contributed by atoms with Crippen molar-refractivity contribution in [3.05, 3.63) is 59.7 Å². The highest BCUT2D eigenvalue weighted by Gasteiger charge is 2.64. The lowest BCUT2D eigenvalue weighted by Crippen LogP contribution is -2.52. The third-order valence-corrected chi connectivity index (χ3v) is 7.60. The topological polar surface area (TPSA) is 188 Å². The molecule has 0 unspecified atom stereocenters. The van der Waals surface area contributed by atoms with Gasteiger partial charge >= 0.3 is 0 Å². The van der Waals surface area contributed by atoms with Crippen LogP contribution in [0.3, 0.4) is 0 Å². The first-order valence-electron chi connectivity index (χ1n) is 12.5. The van der Waals surface area contributed by atoms with E-state index in [-0.39, 0.29) is 21.8 Å². The van der Waals surface area contributed by atoms with Crippen molar-refractivity contribution in [2.24, 2.45) is 0 Å². The molecule has 0 bridgehead atoms. The maximum absolute atomic E-state index is 13.7. The Bertz CT molecular complexity index is 1320. The van der Waals surface area contributed by atoms with Gasteiger partial charge in [0.05, 0.1) is 17.4 Å². The number of benzene rings is 2. The Kier molecular flexibility index (Phi) is 6.82. The Labute approximate surface area is 228 Å². The first kappa shape index (κ1) is 27.9. The van der Waals surface area contributed by atoms with Gasteiger partial charge in [-0.05, 0) is 63.1 Å². The number of nitrogens with zero attached hydrogens (tertiary/aromatic N) is 3. The average Bonchev–Trinajstić information content (AvgIpc) is 3.78. The Balaban J connectivity index is 1.27. The molecule has 3 fully saturated rings. The Morgan fingerprint density at radius 2 is 1.27 bits per heavy atom. The summed E-state index contributed by atoms with van der Waals surface area (Å²) >= 11 is 0. The number of epoxide rings is 2. The Hall–Kier alpha value is -3.63. The molecule has 0 saturated carbocycles. The molecule has 3 aliphatic heterocycles. The van der Waals surface area contributed by atoms with Gasteiger partial charge in [-0.1, -0.05) is 24.3 Å².